The number of hydrogen-bond donors (Lipinski definition) is 1. The quantitative estimate of drug-likeness (QED) is 0.0826. The Balaban J connectivity index is 0.000000167. The van der Waals surface area contributed by atoms with Crippen LogP contribution < -0.4 is 24.0 Å². The van der Waals surface area contributed by atoms with E-state index in [2.05, 4.69) is 341 Å². The molecule has 0 aliphatic carbocycles. The number of likely N-dealkylation sites (N-methyl/N-ethyl adjacent to an activating group) is 1. The molecule has 15 nitrogen and oxygen atoms in total. The molecule has 2 bridgehead atoms. The molecule has 13 aliphatic heterocycles. The summed E-state index contributed by atoms with van der Waals surface area (Å²) in [6, 6.07) is 21.3. The largest absolute Gasteiger partial charge is 0.365 e. The zero-order valence-corrected chi connectivity index (χ0v) is 84.0. The Kier molecular flexibility index (Phi) is 34.7. The van der Waals surface area contributed by atoms with Crippen LogP contribution in [0, 0.1) is 16.7 Å². The highest BCUT2D eigenvalue weighted by Gasteiger charge is 2.57. The molecule has 15 heteroatoms. The van der Waals surface area contributed by atoms with Gasteiger partial charge in [0.15, 0.2) is 42.0 Å². The average molecular weight is 1630 g/mol. The van der Waals surface area contributed by atoms with Gasteiger partial charge in [0, 0.05) is 175 Å². The van der Waals surface area contributed by atoms with Gasteiger partial charge in [0.25, 0.3) is 0 Å². The summed E-state index contributed by atoms with van der Waals surface area (Å²) in [5, 5.41) is 3.47. The van der Waals surface area contributed by atoms with Crippen molar-refractivity contribution in [3.8, 4) is 0 Å². The van der Waals surface area contributed by atoms with Crippen molar-refractivity contribution in [3.05, 3.63) is 76.5 Å². The van der Waals surface area contributed by atoms with Gasteiger partial charge in [-0.25, -0.2) is 0 Å². The molecule has 2 unspecified atom stereocenters. The molecule has 0 amide bonds. The zero-order chi connectivity index (χ0) is 87.2. The first kappa shape index (κ1) is 98.9. The Morgan fingerprint density at radius 2 is 0.957 bits per heavy atom. The summed E-state index contributed by atoms with van der Waals surface area (Å²) in [7, 11) is 4.85. The van der Waals surface area contributed by atoms with Crippen LogP contribution in [0.3, 0.4) is 0 Å². The molecule has 8 fully saturated rings. The third kappa shape index (κ3) is 22.2. The molecule has 1 N–H and O–H groups in total. The molecule has 1 spiro atoms. The number of pyridine rings is 2. The van der Waals surface area contributed by atoms with Crippen LogP contribution in [-0.2, 0) is 26.1 Å². The Labute approximate surface area is 724 Å². The number of piperidine rings is 4. The Bertz CT molecular complexity index is 3440. The third-order valence-electron chi connectivity index (χ3n) is 33.5. The van der Waals surface area contributed by atoms with Crippen molar-refractivity contribution in [2.45, 2.75) is 428 Å². The molecule has 3 aromatic heterocycles. The van der Waals surface area contributed by atoms with Crippen molar-refractivity contribution in [2.75, 3.05) is 136 Å². The van der Waals surface area contributed by atoms with E-state index in [9.17, 15) is 0 Å². The van der Waals surface area contributed by atoms with Crippen molar-refractivity contribution in [2.24, 2.45) is 16.7 Å². The number of nitrogens with zero attached hydrogens (tertiary/aromatic N) is 14. The highest BCUT2D eigenvalue weighted by atomic mass is 15.5. The molecule has 670 valence electrons. The van der Waals surface area contributed by atoms with Crippen LogP contribution in [0.4, 0.5) is 11.5 Å². The summed E-state index contributed by atoms with van der Waals surface area (Å²) in [5.74, 6) is 2.83. The molecule has 16 heterocycles. The van der Waals surface area contributed by atoms with E-state index in [0.29, 0.717) is 47.6 Å². The van der Waals surface area contributed by atoms with E-state index in [0.717, 1.165) is 104 Å². The van der Waals surface area contributed by atoms with E-state index in [1.54, 1.807) is 11.1 Å². The average Bonchev–Trinajstić information content (AvgIpc) is 1.72. The predicted molar refractivity (Wildman–Crippen MR) is 501 cm³/mol. The van der Waals surface area contributed by atoms with Gasteiger partial charge in [0.2, 0.25) is 11.9 Å². The number of fused-ring (bicyclic) bond motifs is 7. The second-order valence-corrected chi connectivity index (χ2v) is 45.2. The van der Waals surface area contributed by atoms with Gasteiger partial charge < -0.3 is 32.6 Å². The maximum atomic E-state index is 3.47. The van der Waals surface area contributed by atoms with E-state index in [-0.39, 0.29) is 0 Å². The number of anilines is 2. The standard InChI is InChI=1S/C15H31N2.C14H29N2.C13H25N2.2C13H21N2.C13H26N.C11H19N3.C10H22N/c1-11(2)16-9-7-15-14(16)8-10-17(15,12(3)4)13(5)6;1-12(2)15-10-14(11-15)6-8-16(5,9-7-14)13(3)4;1-10(2)14-6-12-8-15(5,11(3)4)9-13(12)7-14;1-10(2)14-8-5-6-12-13(14)7-9-15(12)11(3)4;1-10(2)14-8-12-6-5-7-15(11(3)4)13(12)9-14;1-11(2)13-5-8-14(9-6-13,10-7-13)12(3)4;1-8(2)10-7-14(9(3)4)13-6-5-12-11(10)13;1-9(2)11(10(3)4)7-5-6-8-11/h11-15H,7-10H2,1-6H3;12-13H,6-11H2,1-5H3;10-11H,6-9H2,1-5H3;5-6,8,10-11H,7,9H2,1-4H3;5-7,10-11H,8-9H2,1-4H3;11-12H,5-10H2,1-4H3;7-9H,5-6H2,1-4H3;9-10H,5-8H2,1-4H3/q6*+1;;+1/p+1. The third-order valence-corrected chi connectivity index (χ3v) is 33.5. The van der Waals surface area contributed by atoms with Crippen LogP contribution in [0.1, 0.15) is 340 Å². The molecule has 0 aromatic carbocycles. The Hall–Kier alpha value is -3.51. The van der Waals surface area contributed by atoms with Crippen molar-refractivity contribution >= 4 is 11.5 Å². The van der Waals surface area contributed by atoms with Gasteiger partial charge in [-0.1, -0.05) is 27.7 Å². The number of likely N-dealkylation sites (tertiary alicyclic amines) is 5. The highest BCUT2D eigenvalue weighted by molar-refractivity contribution is 5.53. The lowest BCUT2D eigenvalue weighted by Crippen LogP contribution is -2.66. The second-order valence-electron chi connectivity index (χ2n) is 45.2. The molecule has 8 saturated heterocycles. The summed E-state index contributed by atoms with van der Waals surface area (Å²) in [6.45, 7) is 105. The summed E-state index contributed by atoms with van der Waals surface area (Å²) in [6.07, 6.45) is 21.0. The van der Waals surface area contributed by atoms with Gasteiger partial charge in [-0.2, -0.15) is 9.13 Å². The van der Waals surface area contributed by atoms with Gasteiger partial charge in [0.05, 0.1) is 140 Å². The first-order valence-electron chi connectivity index (χ1n) is 49.3. The molecule has 0 saturated carbocycles. The molecule has 2 atom stereocenters. The van der Waals surface area contributed by atoms with Crippen LogP contribution in [0.25, 0.3) is 0 Å². The topological polar surface area (TPSA) is 44.8 Å². The Morgan fingerprint density at radius 1 is 0.453 bits per heavy atom. The van der Waals surface area contributed by atoms with E-state index < -0.39 is 0 Å². The Morgan fingerprint density at radius 3 is 1.38 bits per heavy atom. The number of aromatic nitrogens is 4. The second kappa shape index (κ2) is 41.1. The minimum atomic E-state index is 0.543. The van der Waals surface area contributed by atoms with Crippen LogP contribution in [-0.4, -0.2) is 257 Å². The van der Waals surface area contributed by atoms with Crippen molar-refractivity contribution < 1.29 is 36.2 Å². The van der Waals surface area contributed by atoms with Crippen molar-refractivity contribution in [1.82, 2.24) is 24.3 Å². The fourth-order valence-electron chi connectivity index (χ4n) is 23.8. The summed E-state index contributed by atoms with van der Waals surface area (Å²) in [4.78, 5) is 13.0. The minimum absolute atomic E-state index is 0.543. The van der Waals surface area contributed by atoms with Gasteiger partial charge >= 0.3 is 0 Å². The van der Waals surface area contributed by atoms with Crippen molar-refractivity contribution in [3.63, 3.8) is 0 Å². The summed E-state index contributed by atoms with van der Waals surface area (Å²) < 4.78 is 16.2. The van der Waals surface area contributed by atoms with Crippen LogP contribution in [0.2, 0.25) is 0 Å². The first-order valence-corrected chi connectivity index (χ1v) is 49.3. The maximum Gasteiger partial charge on any atom is 0.206 e. The van der Waals surface area contributed by atoms with Crippen LogP contribution in [0.15, 0.2) is 54.0 Å². The highest BCUT2D eigenvalue weighted by Crippen LogP contribution is 2.50. The van der Waals surface area contributed by atoms with Crippen LogP contribution >= 0.6 is 0 Å². The van der Waals surface area contributed by atoms with E-state index >= 15 is 0 Å². The maximum absolute atomic E-state index is 3.47. The van der Waals surface area contributed by atoms with Crippen LogP contribution in [0.5, 0.6) is 0 Å². The predicted octanol–water partition coefficient (Wildman–Crippen LogP) is 19.1. The fraction of sp³-hybridized carbons (Fsp3) is 0.853. The smallest absolute Gasteiger partial charge is 0.206 e. The molecular weight excluding hydrogens is 1440 g/mol. The lowest BCUT2D eigenvalue weighted by atomic mass is 9.64. The molecule has 13 aliphatic rings. The molecule has 16 rings (SSSR count). The van der Waals surface area contributed by atoms with E-state index in [1.165, 1.54) is 225 Å². The number of nitrogens with one attached hydrogen (secondary N) is 1. The first-order chi connectivity index (χ1) is 54.6. The summed E-state index contributed by atoms with van der Waals surface area (Å²) in [5.41, 5.74) is 12.3. The fourth-order valence-corrected chi connectivity index (χ4v) is 23.8. The minimum Gasteiger partial charge on any atom is -0.365 e. The van der Waals surface area contributed by atoms with Gasteiger partial charge in [0.1, 0.15) is 24.8 Å². The molecule has 117 heavy (non-hydrogen) atoms. The number of quaternary nitrogens is 5. The van der Waals surface area contributed by atoms with Crippen molar-refractivity contribution in [1.29, 1.82) is 0 Å². The SMILES string of the molecule is CC(C)C12CC[N+](C(C)C)(CC1)CC2.CC(C)N1CC2(CC[N+](C)(C(C)C)CC2)C1.CC(C)N1CC2=C(C1)C[N+](C)(C(C)C)C2.CC(C)N1CCC2C1CC[N+]2(C(C)C)C(C)C.CC(C)N1CCc2c1ccc[n+]2C(C)C.CC(C)N1Cc2ccc[n+](C(C)C)c2C1.CC(C)[N+]1(C(C)C)CCCC1.CC(C)c1c[n+](C(C)C)n2c1NCC2. The molecular formula is C102H195N15+8. The number of hydrogen-bond acceptors (Lipinski definition) is 6. The lowest BCUT2D eigenvalue weighted by molar-refractivity contribution is -0.977. The van der Waals surface area contributed by atoms with Gasteiger partial charge in [-0.3, -0.25) is 19.6 Å². The zero-order valence-electron chi connectivity index (χ0n) is 84.0. The normalized spacial score (nSPS) is 25.2. The van der Waals surface area contributed by atoms with Gasteiger partial charge in [-0.05, 0) is 237 Å². The number of rotatable bonds is 17. The van der Waals surface area contributed by atoms with Gasteiger partial charge in [-0.15, -0.1) is 9.36 Å². The molecule has 3 aromatic rings. The lowest BCUT2D eigenvalue weighted by Gasteiger charge is -2.58. The monoisotopic (exact) mass is 1630 g/mol. The summed E-state index contributed by atoms with van der Waals surface area (Å²) >= 11 is 0. The van der Waals surface area contributed by atoms with E-state index in [1.807, 2.05) is 0 Å². The molecule has 0 radical (unpaired) electrons. The van der Waals surface area contributed by atoms with E-state index in [4.69, 9.17) is 0 Å².